The minimum Gasteiger partial charge on any atom is -0.374 e. The Morgan fingerprint density at radius 1 is 0.810 bits per heavy atom. The second-order valence-electron chi connectivity index (χ2n) is 16.3. The predicted octanol–water partition coefficient (Wildman–Crippen LogP) is 6.08. The fraction of sp³-hybridized carbons (Fsp3) is 0.455. The van der Waals surface area contributed by atoms with Crippen LogP contribution >= 0.6 is 0 Å². The van der Waals surface area contributed by atoms with Crippen LogP contribution in [0.2, 0.25) is 0 Å². The van der Waals surface area contributed by atoms with E-state index in [9.17, 15) is 23.6 Å². The lowest BCUT2D eigenvalue weighted by molar-refractivity contribution is -0.138. The van der Waals surface area contributed by atoms with Crippen molar-refractivity contribution in [2.75, 3.05) is 43.4 Å². The van der Waals surface area contributed by atoms with Crippen LogP contribution in [0.1, 0.15) is 75.7 Å². The van der Waals surface area contributed by atoms with Crippen molar-refractivity contribution in [2.45, 2.75) is 82.2 Å². The van der Waals surface area contributed by atoms with Gasteiger partial charge in [-0.1, -0.05) is 24.3 Å². The van der Waals surface area contributed by atoms with Crippen LogP contribution in [0, 0.1) is 23.5 Å². The number of hydrogen-bond donors (Lipinski definition) is 4. The van der Waals surface area contributed by atoms with Gasteiger partial charge >= 0.3 is 0 Å². The molecule has 2 aromatic carbocycles. The molecule has 8 rings (SSSR count). The Balaban J connectivity index is 0.761. The Morgan fingerprint density at radius 3 is 2.33 bits per heavy atom. The summed E-state index contributed by atoms with van der Waals surface area (Å²) in [5, 5.41) is 8.75. The predicted molar refractivity (Wildman–Crippen MR) is 217 cm³/mol. The zero-order chi connectivity index (χ0) is 40.2. The Bertz CT molecular complexity index is 2190. The summed E-state index contributed by atoms with van der Waals surface area (Å²) in [6, 6.07) is 15.2. The van der Waals surface area contributed by atoms with Gasteiger partial charge in [-0.05, 0) is 124 Å². The van der Waals surface area contributed by atoms with E-state index in [1.165, 1.54) is 12.3 Å². The number of H-pyrrole nitrogens is 1. The van der Waals surface area contributed by atoms with E-state index in [4.69, 9.17) is 0 Å². The third-order valence-corrected chi connectivity index (χ3v) is 12.5. The van der Waals surface area contributed by atoms with Crippen LogP contribution in [0.4, 0.5) is 20.4 Å². The molecule has 4 aromatic rings. The van der Waals surface area contributed by atoms with Crippen molar-refractivity contribution in [1.82, 2.24) is 30.1 Å². The Labute approximate surface area is 336 Å². The molecule has 3 saturated heterocycles. The zero-order valence-electron chi connectivity index (χ0n) is 32.5. The van der Waals surface area contributed by atoms with Gasteiger partial charge in [-0.3, -0.25) is 24.5 Å². The lowest BCUT2D eigenvalue weighted by atomic mass is 9.80. The van der Waals surface area contributed by atoms with Gasteiger partial charge in [0.1, 0.15) is 17.6 Å². The maximum atomic E-state index is 15.2. The molecule has 1 aliphatic carbocycles. The molecule has 0 spiro atoms. The van der Waals surface area contributed by atoms with Crippen LogP contribution in [0.15, 0.2) is 71.8 Å². The lowest BCUT2D eigenvalue weighted by Crippen LogP contribution is -2.47. The van der Waals surface area contributed by atoms with Crippen LogP contribution < -0.4 is 21.5 Å². The molecule has 0 radical (unpaired) electrons. The van der Waals surface area contributed by atoms with E-state index in [1.807, 2.05) is 17.0 Å². The lowest BCUT2D eigenvalue weighted by Gasteiger charge is -2.38. The quantitative estimate of drug-likeness (QED) is 0.140. The average molecular weight is 793 g/mol. The number of pyridine rings is 1. The molecule has 4 aliphatic rings. The van der Waals surface area contributed by atoms with Gasteiger partial charge in [0.25, 0.3) is 5.56 Å². The second kappa shape index (κ2) is 17.6. The highest BCUT2D eigenvalue weighted by molar-refractivity contribution is 6.01. The molecule has 3 amide bonds. The third kappa shape index (κ3) is 9.12. The van der Waals surface area contributed by atoms with Gasteiger partial charge in [0.15, 0.2) is 5.82 Å². The first-order valence-electron chi connectivity index (χ1n) is 20.6. The van der Waals surface area contributed by atoms with E-state index in [-0.39, 0.29) is 59.1 Å². The minimum atomic E-state index is -0.552. The number of carbonyl (C=O) groups is 3. The minimum absolute atomic E-state index is 0.0483. The van der Waals surface area contributed by atoms with E-state index < -0.39 is 11.9 Å². The van der Waals surface area contributed by atoms with Gasteiger partial charge in [0.2, 0.25) is 23.7 Å². The number of halogens is 2. The number of nitrogens with one attached hydrogen (secondary N) is 4. The Morgan fingerprint density at radius 2 is 1.59 bits per heavy atom. The van der Waals surface area contributed by atoms with Crippen molar-refractivity contribution >= 4 is 29.4 Å². The van der Waals surface area contributed by atoms with Crippen molar-refractivity contribution in [1.29, 1.82) is 0 Å². The van der Waals surface area contributed by atoms with Crippen LogP contribution in [0.25, 0.3) is 22.4 Å². The summed E-state index contributed by atoms with van der Waals surface area (Å²) in [6.07, 6.45) is 10.5. The maximum Gasteiger partial charge on any atom is 0.255 e. The fourth-order valence-electron chi connectivity index (χ4n) is 9.17. The summed E-state index contributed by atoms with van der Waals surface area (Å²) < 4.78 is 30.2. The van der Waals surface area contributed by atoms with Crippen molar-refractivity contribution < 1.29 is 23.2 Å². The number of aromatic nitrogens is 3. The van der Waals surface area contributed by atoms with Crippen molar-refractivity contribution in [3.05, 3.63) is 94.5 Å². The molecular formula is C44H50F2N8O4. The summed E-state index contributed by atoms with van der Waals surface area (Å²) in [7, 11) is 0. The van der Waals surface area contributed by atoms with E-state index in [1.54, 1.807) is 42.6 Å². The molecule has 5 heterocycles. The Kier molecular flexibility index (Phi) is 11.9. The van der Waals surface area contributed by atoms with Gasteiger partial charge in [-0.2, -0.15) is 0 Å². The van der Waals surface area contributed by atoms with E-state index >= 15 is 4.39 Å². The molecule has 2 aromatic heterocycles. The largest absolute Gasteiger partial charge is 0.374 e. The molecule has 4 N–H and O–H groups in total. The molecule has 58 heavy (non-hydrogen) atoms. The summed E-state index contributed by atoms with van der Waals surface area (Å²) in [6.45, 7) is 4.12. The van der Waals surface area contributed by atoms with Gasteiger partial charge in [-0.15, -0.1) is 0 Å². The number of nitrogens with zero attached hydrogens (tertiary/aromatic N) is 4. The number of aromatic amines is 1. The number of piperidine rings is 3. The monoisotopic (exact) mass is 792 g/mol. The number of amides is 3. The molecule has 0 bridgehead atoms. The fourth-order valence-corrected chi connectivity index (χ4v) is 9.17. The van der Waals surface area contributed by atoms with E-state index in [0.29, 0.717) is 59.3 Å². The van der Waals surface area contributed by atoms with Crippen LogP contribution in [0.3, 0.4) is 0 Å². The summed E-state index contributed by atoms with van der Waals surface area (Å²) in [5.41, 5.74) is 2.88. The van der Waals surface area contributed by atoms with E-state index in [0.717, 1.165) is 71.0 Å². The van der Waals surface area contributed by atoms with Crippen molar-refractivity contribution in [3.63, 3.8) is 0 Å². The zero-order valence-corrected chi connectivity index (χ0v) is 32.5. The first kappa shape index (κ1) is 39.3. The number of imide groups is 1. The van der Waals surface area contributed by atoms with Gasteiger partial charge in [0, 0.05) is 61.0 Å². The molecule has 12 nitrogen and oxygen atoms in total. The molecule has 1 saturated carbocycles. The molecule has 14 heteroatoms. The third-order valence-electron chi connectivity index (χ3n) is 12.5. The van der Waals surface area contributed by atoms with Gasteiger partial charge in [0.05, 0.1) is 6.20 Å². The molecule has 4 fully saturated rings. The number of benzene rings is 2. The molecule has 3 aliphatic heterocycles. The normalized spacial score (nSPS) is 22.4. The maximum absolute atomic E-state index is 15.2. The molecular weight excluding hydrogens is 743 g/mol. The first-order valence-corrected chi connectivity index (χ1v) is 20.6. The number of rotatable bonds is 10. The summed E-state index contributed by atoms with van der Waals surface area (Å²) >= 11 is 0. The highest BCUT2D eigenvalue weighted by atomic mass is 19.1. The Hall–Kier alpha value is -5.50. The first-order chi connectivity index (χ1) is 28.2. The highest BCUT2D eigenvalue weighted by Crippen LogP contribution is 2.35. The molecule has 1 unspecified atom stereocenters. The van der Waals surface area contributed by atoms with Crippen LogP contribution in [-0.4, -0.2) is 87.3 Å². The number of carbonyl (C=O) groups excluding carboxylic acids is 3. The second-order valence-corrected chi connectivity index (χ2v) is 16.3. The van der Waals surface area contributed by atoms with E-state index in [2.05, 4.69) is 35.8 Å². The van der Waals surface area contributed by atoms with Crippen LogP contribution in [-0.2, 0) is 14.4 Å². The van der Waals surface area contributed by atoms with Crippen LogP contribution in [0.5, 0.6) is 0 Å². The van der Waals surface area contributed by atoms with Gasteiger partial charge in [-0.25, -0.2) is 18.7 Å². The number of anilines is 2. The average Bonchev–Trinajstić information content (AvgIpc) is 3.23. The summed E-state index contributed by atoms with van der Waals surface area (Å²) in [4.78, 5) is 65.4. The number of likely N-dealkylation sites (tertiary alicyclic amines) is 2. The smallest absolute Gasteiger partial charge is 0.255 e. The van der Waals surface area contributed by atoms with Gasteiger partial charge < -0.3 is 25.4 Å². The standard InChI is InChI=1S/C44H50F2N8O4/c45-36-24-33(49-38-12-13-39(55)51-42(38)57)10-11-34(36)28-14-19-53(20-15-28)26-27-6-8-29(9-7-27)43(58)54-21-16-32(17-22-54)50-44-48-25-37(46)40(52-44)31-4-1-3-30(23-31)35-5-2-18-47-41(35)56/h1-5,10-11,18,23-25,27-29,32,38,49H,6-9,12-17,19-22,26H2,(H,47,56)(H,48,50,52)(H,51,55,57)/t27-,29-,38?. The summed E-state index contributed by atoms with van der Waals surface area (Å²) in [5.74, 6) is -0.157. The highest BCUT2D eigenvalue weighted by Gasteiger charge is 2.33. The molecule has 1 atom stereocenters. The SMILES string of the molecule is O=C1CCC(Nc2ccc(C3CCN(C[C@H]4CC[C@H](C(=O)N5CCC(Nc6ncc(F)c(-c7cccc(-c8ccc[nH]c8=O)c7)n6)CC5)CC4)CC3)c(F)c2)C(=O)N1. The number of hydrogen-bond acceptors (Lipinski definition) is 9. The van der Waals surface area contributed by atoms with Crippen molar-refractivity contribution in [3.8, 4) is 22.4 Å². The topological polar surface area (TPSA) is 152 Å². The van der Waals surface area contributed by atoms with Crippen molar-refractivity contribution in [2.24, 2.45) is 11.8 Å². The molecule has 304 valence electrons.